The van der Waals surface area contributed by atoms with Gasteiger partial charge in [0.15, 0.2) is 11.5 Å². The predicted octanol–water partition coefficient (Wildman–Crippen LogP) is 4.75. The topological polar surface area (TPSA) is 94.2 Å². The minimum absolute atomic E-state index is 0.0958. The molecule has 0 fully saturated rings. The van der Waals surface area contributed by atoms with Crippen LogP contribution >= 0.6 is 11.6 Å². The predicted molar refractivity (Wildman–Crippen MR) is 140 cm³/mol. The van der Waals surface area contributed by atoms with Gasteiger partial charge in [0.25, 0.3) is 10.0 Å². The summed E-state index contributed by atoms with van der Waals surface area (Å²) >= 11 is 6.20. The summed E-state index contributed by atoms with van der Waals surface area (Å²) in [4.78, 5) is 13.0. The van der Waals surface area contributed by atoms with Crippen LogP contribution in [-0.2, 0) is 14.8 Å². The molecule has 36 heavy (non-hydrogen) atoms. The number of hydrogen-bond acceptors (Lipinski definition) is 6. The molecule has 10 heteroatoms. The van der Waals surface area contributed by atoms with Crippen molar-refractivity contribution in [3.8, 4) is 17.2 Å². The molecule has 0 aliphatic rings. The highest BCUT2D eigenvalue weighted by molar-refractivity contribution is 7.92. The van der Waals surface area contributed by atoms with E-state index in [0.717, 1.165) is 15.4 Å². The van der Waals surface area contributed by atoms with Crippen molar-refractivity contribution in [3.63, 3.8) is 0 Å². The monoisotopic (exact) mass is 532 g/mol. The van der Waals surface area contributed by atoms with Crippen molar-refractivity contribution in [1.29, 1.82) is 0 Å². The van der Waals surface area contributed by atoms with E-state index in [1.165, 1.54) is 45.6 Å². The van der Waals surface area contributed by atoms with E-state index in [1.54, 1.807) is 12.1 Å². The minimum Gasteiger partial charge on any atom is -0.495 e. The van der Waals surface area contributed by atoms with Gasteiger partial charge in [-0.1, -0.05) is 41.4 Å². The molecule has 0 spiro atoms. The summed E-state index contributed by atoms with van der Waals surface area (Å²) < 4.78 is 44.6. The molecule has 3 rings (SSSR count). The Balaban J connectivity index is 2.02. The van der Waals surface area contributed by atoms with Gasteiger partial charge in [-0.05, 0) is 49.7 Å². The Morgan fingerprint density at radius 1 is 0.917 bits per heavy atom. The van der Waals surface area contributed by atoms with Crippen LogP contribution in [0.4, 0.5) is 5.69 Å². The number of sulfonamides is 1. The van der Waals surface area contributed by atoms with Gasteiger partial charge in [0.05, 0.1) is 38.0 Å². The lowest BCUT2D eigenvalue weighted by atomic mass is 10.1. The zero-order valence-electron chi connectivity index (χ0n) is 20.7. The van der Waals surface area contributed by atoms with E-state index in [2.05, 4.69) is 5.32 Å². The third kappa shape index (κ3) is 6.03. The molecule has 0 aliphatic carbocycles. The number of ether oxygens (including phenoxy) is 3. The molecule has 1 atom stereocenters. The zero-order chi connectivity index (χ0) is 26.5. The van der Waals surface area contributed by atoms with Crippen molar-refractivity contribution in [1.82, 2.24) is 5.32 Å². The third-order valence-corrected chi connectivity index (χ3v) is 7.59. The van der Waals surface area contributed by atoms with Crippen molar-refractivity contribution in [3.05, 3.63) is 76.8 Å². The number of aryl methyl sites for hydroxylation is 1. The van der Waals surface area contributed by atoms with Gasteiger partial charge >= 0.3 is 0 Å². The average Bonchev–Trinajstić information content (AvgIpc) is 2.87. The van der Waals surface area contributed by atoms with Crippen LogP contribution in [0.3, 0.4) is 0 Å². The lowest BCUT2D eigenvalue weighted by molar-refractivity contribution is -0.120. The molecular formula is C26H29ClN2O6S. The highest BCUT2D eigenvalue weighted by Gasteiger charge is 2.31. The van der Waals surface area contributed by atoms with Crippen molar-refractivity contribution in [2.45, 2.75) is 24.8 Å². The standard InChI is InChI=1S/C26H29ClN2O6S/c1-17-6-8-19(9-7-17)18(2)28-26(30)16-29(22-14-20(27)10-12-23(22)33-3)36(31,32)21-11-13-24(34-4)25(15-21)35-5/h6-15,18H,16H2,1-5H3,(H,28,30). The Morgan fingerprint density at radius 2 is 1.53 bits per heavy atom. The second-order valence-corrected chi connectivity index (χ2v) is 10.3. The van der Waals surface area contributed by atoms with Crippen LogP contribution in [0, 0.1) is 6.92 Å². The summed E-state index contributed by atoms with van der Waals surface area (Å²) in [6, 6.07) is 16.1. The molecule has 0 bridgehead atoms. The SMILES string of the molecule is COc1ccc(S(=O)(=O)N(CC(=O)NC(C)c2ccc(C)cc2)c2cc(Cl)ccc2OC)cc1OC. The summed E-state index contributed by atoms with van der Waals surface area (Å²) in [6.45, 7) is 3.29. The number of methoxy groups -OCH3 is 3. The quantitative estimate of drug-likeness (QED) is 0.405. The fraction of sp³-hybridized carbons (Fsp3) is 0.269. The Labute approximate surface area is 216 Å². The number of amides is 1. The third-order valence-electron chi connectivity index (χ3n) is 5.59. The lowest BCUT2D eigenvalue weighted by Crippen LogP contribution is -2.41. The maximum atomic E-state index is 13.9. The van der Waals surface area contributed by atoms with Crippen LogP contribution in [0.25, 0.3) is 0 Å². The van der Waals surface area contributed by atoms with E-state index in [9.17, 15) is 13.2 Å². The molecule has 0 aromatic heterocycles. The first-order chi connectivity index (χ1) is 17.1. The highest BCUT2D eigenvalue weighted by Crippen LogP contribution is 2.37. The van der Waals surface area contributed by atoms with Crippen LogP contribution in [0.15, 0.2) is 65.6 Å². The molecule has 0 heterocycles. The number of nitrogens with one attached hydrogen (secondary N) is 1. The Bertz CT molecular complexity index is 1330. The van der Waals surface area contributed by atoms with E-state index >= 15 is 0 Å². The maximum Gasteiger partial charge on any atom is 0.265 e. The lowest BCUT2D eigenvalue weighted by Gasteiger charge is -2.27. The summed E-state index contributed by atoms with van der Waals surface area (Å²) in [5.74, 6) is 0.332. The first-order valence-corrected chi connectivity index (χ1v) is 12.9. The van der Waals surface area contributed by atoms with Gasteiger partial charge in [-0.2, -0.15) is 0 Å². The van der Waals surface area contributed by atoms with Crippen LogP contribution in [-0.4, -0.2) is 42.2 Å². The van der Waals surface area contributed by atoms with E-state index in [1.807, 2.05) is 38.1 Å². The summed E-state index contributed by atoms with van der Waals surface area (Å²) in [5.41, 5.74) is 2.11. The van der Waals surface area contributed by atoms with Crippen molar-refractivity contribution < 1.29 is 27.4 Å². The molecule has 0 saturated carbocycles. The Kier molecular flexibility index (Phi) is 8.70. The molecule has 0 aliphatic heterocycles. The maximum absolute atomic E-state index is 13.9. The molecule has 0 radical (unpaired) electrons. The van der Waals surface area contributed by atoms with Gasteiger partial charge in [-0.15, -0.1) is 0 Å². The van der Waals surface area contributed by atoms with Crippen LogP contribution in [0.5, 0.6) is 17.2 Å². The van der Waals surface area contributed by atoms with Gasteiger partial charge in [-0.3, -0.25) is 9.10 Å². The largest absolute Gasteiger partial charge is 0.495 e. The second-order valence-electron chi connectivity index (χ2n) is 8.04. The molecule has 8 nitrogen and oxygen atoms in total. The van der Waals surface area contributed by atoms with Crippen molar-refractivity contribution in [2.24, 2.45) is 0 Å². The van der Waals surface area contributed by atoms with E-state index in [-0.39, 0.29) is 33.1 Å². The molecule has 3 aromatic carbocycles. The van der Waals surface area contributed by atoms with Crippen molar-refractivity contribution >= 4 is 33.2 Å². The van der Waals surface area contributed by atoms with Crippen molar-refractivity contribution in [2.75, 3.05) is 32.2 Å². The Morgan fingerprint density at radius 3 is 2.14 bits per heavy atom. The van der Waals surface area contributed by atoms with Crippen LogP contribution < -0.4 is 23.8 Å². The summed E-state index contributed by atoms with van der Waals surface area (Å²) in [5, 5.41) is 3.15. The van der Waals surface area contributed by atoms with Gasteiger partial charge in [0, 0.05) is 11.1 Å². The van der Waals surface area contributed by atoms with Gasteiger partial charge in [-0.25, -0.2) is 8.42 Å². The molecular weight excluding hydrogens is 504 g/mol. The molecule has 192 valence electrons. The first kappa shape index (κ1) is 27.2. The smallest absolute Gasteiger partial charge is 0.265 e. The number of benzene rings is 3. The number of hydrogen-bond donors (Lipinski definition) is 1. The van der Waals surface area contributed by atoms with Gasteiger partial charge in [0.1, 0.15) is 12.3 Å². The highest BCUT2D eigenvalue weighted by atomic mass is 35.5. The number of carbonyl (C=O) groups excluding carboxylic acids is 1. The molecule has 1 unspecified atom stereocenters. The number of halogens is 1. The normalized spacial score (nSPS) is 11.9. The van der Waals surface area contributed by atoms with Crippen LogP contribution in [0.1, 0.15) is 24.1 Å². The first-order valence-electron chi connectivity index (χ1n) is 11.0. The zero-order valence-corrected chi connectivity index (χ0v) is 22.3. The summed E-state index contributed by atoms with van der Waals surface area (Å²) in [6.07, 6.45) is 0. The average molecular weight is 533 g/mol. The molecule has 1 amide bonds. The number of nitrogens with zero attached hydrogens (tertiary/aromatic N) is 1. The fourth-order valence-electron chi connectivity index (χ4n) is 3.62. The molecule has 3 aromatic rings. The van der Waals surface area contributed by atoms with Gasteiger partial charge < -0.3 is 19.5 Å². The second kappa shape index (κ2) is 11.5. The number of carbonyl (C=O) groups is 1. The molecule has 1 N–H and O–H groups in total. The number of anilines is 1. The summed E-state index contributed by atoms with van der Waals surface area (Å²) in [7, 11) is 0.00809. The van der Waals surface area contributed by atoms with E-state index in [4.69, 9.17) is 25.8 Å². The number of rotatable bonds is 10. The van der Waals surface area contributed by atoms with Crippen LogP contribution in [0.2, 0.25) is 5.02 Å². The Hall–Kier alpha value is -3.43. The molecule has 0 saturated heterocycles. The van der Waals surface area contributed by atoms with E-state index < -0.39 is 22.5 Å². The van der Waals surface area contributed by atoms with Gasteiger partial charge in [0.2, 0.25) is 5.91 Å². The van der Waals surface area contributed by atoms with E-state index in [0.29, 0.717) is 5.75 Å². The fourth-order valence-corrected chi connectivity index (χ4v) is 5.22. The minimum atomic E-state index is -4.26.